The van der Waals surface area contributed by atoms with Crippen molar-refractivity contribution < 1.29 is 9.53 Å². The molecule has 0 saturated carbocycles. The minimum absolute atomic E-state index is 0.108. The quantitative estimate of drug-likeness (QED) is 0.484. The molecule has 2 heteroatoms. The second-order valence-electron chi connectivity index (χ2n) is 4.37. The van der Waals surface area contributed by atoms with Crippen LogP contribution in [0.15, 0.2) is 11.6 Å². The number of allylic oxidation sites excluding steroid dienone is 2. The molecule has 0 amide bonds. The predicted octanol–water partition coefficient (Wildman–Crippen LogP) is 2.54. The fraction of sp³-hybridized carbons (Fsp3) is 0.727. The van der Waals surface area contributed by atoms with Crippen molar-refractivity contribution in [1.29, 1.82) is 0 Å². The van der Waals surface area contributed by atoms with Crippen LogP contribution in [0.25, 0.3) is 0 Å². The summed E-state index contributed by atoms with van der Waals surface area (Å²) < 4.78 is 4.79. The molecule has 1 aliphatic rings. The van der Waals surface area contributed by atoms with E-state index < -0.39 is 0 Å². The van der Waals surface area contributed by atoms with E-state index in [1.54, 1.807) is 0 Å². The highest BCUT2D eigenvalue weighted by Crippen LogP contribution is 2.38. The normalized spacial score (nSPS) is 22.8. The van der Waals surface area contributed by atoms with Gasteiger partial charge in [-0.15, -0.1) is 0 Å². The van der Waals surface area contributed by atoms with Gasteiger partial charge in [0, 0.05) is 0 Å². The van der Waals surface area contributed by atoms with Crippen LogP contribution >= 0.6 is 0 Å². The fourth-order valence-corrected chi connectivity index (χ4v) is 1.88. The van der Waals surface area contributed by atoms with E-state index in [9.17, 15) is 4.79 Å². The third-order valence-electron chi connectivity index (χ3n) is 2.97. The van der Waals surface area contributed by atoms with Crippen LogP contribution in [0.3, 0.4) is 0 Å². The lowest BCUT2D eigenvalue weighted by Gasteiger charge is -2.27. The Kier molecular flexibility index (Phi) is 2.79. The summed E-state index contributed by atoms with van der Waals surface area (Å²) in [6.45, 7) is 6.03. The molecule has 1 aliphatic carbocycles. The van der Waals surface area contributed by atoms with Gasteiger partial charge in [-0.25, -0.2) is 0 Å². The van der Waals surface area contributed by atoms with E-state index in [1.807, 2.05) is 13.8 Å². The maximum atomic E-state index is 11.5. The van der Waals surface area contributed by atoms with Crippen molar-refractivity contribution in [3.05, 3.63) is 11.6 Å². The molecule has 0 aliphatic heterocycles. The average molecular weight is 182 g/mol. The van der Waals surface area contributed by atoms with Crippen LogP contribution in [0, 0.1) is 11.3 Å². The second-order valence-corrected chi connectivity index (χ2v) is 4.37. The van der Waals surface area contributed by atoms with Crippen LogP contribution in [-0.2, 0) is 9.53 Å². The van der Waals surface area contributed by atoms with E-state index in [0.29, 0.717) is 5.92 Å². The molecule has 13 heavy (non-hydrogen) atoms. The molecule has 0 N–H and O–H groups in total. The summed E-state index contributed by atoms with van der Waals surface area (Å²) in [6.07, 6.45) is 4.40. The van der Waals surface area contributed by atoms with Crippen molar-refractivity contribution in [2.45, 2.75) is 33.6 Å². The lowest BCUT2D eigenvalue weighted by molar-refractivity contribution is -0.152. The molecule has 74 valence electrons. The second kappa shape index (κ2) is 3.52. The molecule has 1 unspecified atom stereocenters. The van der Waals surface area contributed by atoms with Crippen LogP contribution in [0.4, 0.5) is 0 Å². The Bertz CT molecular complexity index is 238. The third-order valence-corrected chi connectivity index (χ3v) is 2.97. The lowest BCUT2D eigenvalue weighted by Crippen LogP contribution is -2.32. The SMILES string of the molecule is COC(=O)C(C)(C)C1C=C(C)CC1. The van der Waals surface area contributed by atoms with E-state index in [0.717, 1.165) is 12.8 Å². The summed E-state index contributed by atoms with van der Waals surface area (Å²) in [6, 6.07) is 0. The summed E-state index contributed by atoms with van der Waals surface area (Å²) in [7, 11) is 1.45. The topological polar surface area (TPSA) is 26.3 Å². The van der Waals surface area contributed by atoms with Gasteiger partial charge < -0.3 is 4.74 Å². The molecule has 0 fully saturated rings. The Morgan fingerprint density at radius 3 is 2.62 bits per heavy atom. The molecule has 2 nitrogen and oxygen atoms in total. The number of methoxy groups -OCH3 is 1. The number of carbonyl (C=O) groups excluding carboxylic acids is 1. The van der Waals surface area contributed by atoms with Gasteiger partial charge in [-0.05, 0) is 39.5 Å². The minimum Gasteiger partial charge on any atom is -0.469 e. The van der Waals surface area contributed by atoms with Gasteiger partial charge in [0.15, 0.2) is 0 Å². The van der Waals surface area contributed by atoms with Gasteiger partial charge in [-0.1, -0.05) is 11.6 Å². The van der Waals surface area contributed by atoms with Crippen LogP contribution < -0.4 is 0 Å². The molecule has 0 aromatic rings. The summed E-state index contributed by atoms with van der Waals surface area (Å²) in [5, 5.41) is 0. The first-order valence-electron chi connectivity index (χ1n) is 4.74. The molecule has 0 saturated heterocycles. The van der Waals surface area contributed by atoms with E-state index in [-0.39, 0.29) is 11.4 Å². The van der Waals surface area contributed by atoms with Crippen molar-refractivity contribution >= 4 is 5.97 Å². The van der Waals surface area contributed by atoms with Crippen LogP contribution in [0.5, 0.6) is 0 Å². The van der Waals surface area contributed by atoms with E-state index in [2.05, 4.69) is 13.0 Å². The molecule has 0 spiro atoms. The highest BCUT2D eigenvalue weighted by Gasteiger charge is 2.37. The molecule has 0 heterocycles. The van der Waals surface area contributed by atoms with Gasteiger partial charge in [-0.2, -0.15) is 0 Å². The molecule has 1 rings (SSSR count). The summed E-state index contributed by atoms with van der Waals surface area (Å²) in [4.78, 5) is 11.5. The Labute approximate surface area is 80.0 Å². The van der Waals surface area contributed by atoms with Gasteiger partial charge in [0.1, 0.15) is 0 Å². The van der Waals surface area contributed by atoms with Crippen molar-refractivity contribution in [2.24, 2.45) is 11.3 Å². The van der Waals surface area contributed by atoms with Crippen molar-refractivity contribution in [3.8, 4) is 0 Å². The fourth-order valence-electron chi connectivity index (χ4n) is 1.88. The number of hydrogen-bond donors (Lipinski definition) is 0. The van der Waals surface area contributed by atoms with E-state index in [4.69, 9.17) is 4.74 Å². The first-order chi connectivity index (χ1) is 5.98. The van der Waals surface area contributed by atoms with E-state index >= 15 is 0 Å². The van der Waals surface area contributed by atoms with Gasteiger partial charge in [0.2, 0.25) is 0 Å². The Morgan fingerprint density at radius 1 is 1.62 bits per heavy atom. The summed E-state index contributed by atoms with van der Waals surface area (Å²) in [5.41, 5.74) is 1.02. The maximum Gasteiger partial charge on any atom is 0.311 e. The summed E-state index contributed by atoms with van der Waals surface area (Å²) >= 11 is 0. The number of hydrogen-bond acceptors (Lipinski definition) is 2. The van der Waals surface area contributed by atoms with E-state index in [1.165, 1.54) is 12.7 Å². The van der Waals surface area contributed by atoms with Gasteiger partial charge in [0.05, 0.1) is 12.5 Å². The van der Waals surface area contributed by atoms with Crippen molar-refractivity contribution in [1.82, 2.24) is 0 Å². The first kappa shape index (κ1) is 10.3. The molecule has 0 radical (unpaired) electrons. The van der Waals surface area contributed by atoms with Crippen LogP contribution in [0.1, 0.15) is 33.6 Å². The number of ether oxygens (including phenoxy) is 1. The van der Waals surface area contributed by atoms with Gasteiger partial charge in [-0.3, -0.25) is 4.79 Å². The van der Waals surface area contributed by atoms with Crippen molar-refractivity contribution in [2.75, 3.05) is 7.11 Å². The minimum atomic E-state index is -0.369. The molecule has 1 atom stereocenters. The Hall–Kier alpha value is -0.790. The zero-order valence-electron chi connectivity index (χ0n) is 8.89. The molecular formula is C11H18O2. The Balaban J connectivity index is 2.75. The largest absolute Gasteiger partial charge is 0.469 e. The molecule has 0 aromatic carbocycles. The highest BCUT2D eigenvalue weighted by atomic mass is 16.5. The van der Waals surface area contributed by atoms with Crippen molar-refractivity contribution in [3.63, 3.8) is 0 Å². The first-order valence-corrected chi connectivity index (χ1v) is 4.74. The predicted molar refractivity (Wildman–Crippen MR) is 52.3 cm³/mol. The summed E-state index contributed by atoms with van der Waals surface area (Å²) in [5.74, 6) is 0.239. The highest BCUT2D eigenvalue weighted by molar-refractivity contribution is 5.76. The number of carbonyl (C=O) groups is 1. The maximum absolute atomic E-state index is 11.5. The molecule has 0 bridgehead atoms. The average Bonchev–Trinajstić information content (AvgIpc) is 2.50. The smallest absolute Gasteiger partial charge is 0.311 e. The number of rotatable bonds is 2. The monoisotopic (exact) mass is 182 g/mol. The van der Waals surface area contributed by atoms with Gasteiger partial charge in [0.25, 0.3) is 0 Å². The number of esters is 1. The molecular weight excluding hydrogens is 164 g/mol. The third kappa shape index (κ3) is 1.93. The van der Waals surface area contributed by atoms with Crippen LogP contribution in [-0.4, -0.2) is 13.1 Å². The van der Waals surface area contributed by atoms with Crippen LogP contribution in [0.2, 0.25) is 0 Å². The standard InChI is InChI=1S/C11H18O2/c1-8-5-6-9(7-8)11(2,3)10(12)13-4/h7,9H,5-6H2,1-4H3. The zero-order valence-corrected chi connectivity index (χ0v) is 8.89. The molecule has 0 aromatic heterocycles. The lowest BCUT2D eigenvalue weighted by atomic mass is 9.78. The zero-order chi connectivity index (χ0) is 10.1. The van der Waals surface area contributed by atoms with Gasteiger partial charge >= 0.3 is 5.97 Å². The Morgan fingerprint density at radius 2 is 2.23 bits per heavy atom.